The van der Waals surface area contributed by atoms with E-state index in [4.69, 9.17) is 11.6 Å². The zero-order valence-corrected chi connectivity index (χ0v) is 16.8. The second-order valence-electron chi connectivity index (χ2n) is 7.74. The number of aryl methyl sites for hydroxylation is 1. The normalized spacial score (nSPS) is 21.9. The number of hydrogen-bond acceptors (Lipinski definition) is 3. The zero-order valence-electron chi connectivity index (χ0n) is 16.1. The van der Waals surface area contributed by atoms with Crippen molar-refractivity contribution in [1.29, 1.82) is 0 Å². The second kappa shape index (κ2) is 6.48. The third-order valence-corrected chi connectivity index (χ3v) is 6.02. The van der Waals surface area contributed by atoms with E-state index in [9.17, 15) is 14.4 Å². The van der Waals surface area contributed by atoms with Crippen molar-refractivity contribution in [2.24, 2.45) is 0 Å². The van der Waals surface area contributed by atoms with Crippen molar-refractivity contribution in [3.05, 3.63) is 57.9 Å². The fourth-order valence-corrected chi connectivity index (χ4v) is 4.40. The molecule has 1 N–H and O–H groups in total. The highest BCUT2D eigenvalue weighted by Gasteiger charge is 2.50. The predicted molar refractivity (Wildman–Crippen MR) is 106 cm³/mol. The van der Waals surface area contributed by atoms with Crippen molar-refractivity contribution in [2.45, 2.75) is 45.2 Å². The summed E-state index contributed by atoms with van der Waals surface area (Å²) in [5.74, 6) is -0.721. The van der Waals surface area contributed by atoms with Crippen LogP contribution < -0.4 is 5.32 Å². The van der Waals surface area contributed by atoms with Crippen LogP contribution in [-0.4, -0.2) is 33.7 Å². The first-order valence-electron chi connectivity index (χ1n) is 9.34. The summed E-state index contributed by atoms with van der Waals surface area (Å²) in [5, 5.41) is 3.09. The SMILES string of the molecule is Cc1cc(C(=O)CN2C(=O)N[C@](C)(c3ccccc3Cl)C2=O)c(C)n1C1CC1. The number of Topliss-reactive ketones (excluding diaryl/α,β-unsaturated/α-hetero) is 1. The number of carbonyl (C=O) groups excluding carboxylic acids is 3. The topological polar surface area (TPSA) is 71.4 Å². The molecule has 0 bridgehead atoms. The summed E-state index contributed by atoms with van der Waals surface area (Å²) in [4.78, 5) is 39.5. The second-order valence-corrected chi connectivity index (χ2v) is 8.14. The number of carbonyl (C=O) groups is 3. The molecule has 1 aromatic heterocycles. The minimum absolute atomic E-state index is 0.244. The molecule has 2 aliphatic rings. The summed E-state index contributed by atoms with van der Waals surface area (Å²) in [5.41, 5.74) is 1.71. The number of halogens is 1. The van der Waals surface area contributed by atoms with Gasteiger partial charge in [0.1, 0.15) is 5.54 Å². The molecule has 1 aromatic carbocycles. The van der Waals surface area contributed by atoms with Gasteiger partial charge in [0.25, 0.3) is 5.91 Å². The van der Waals surface area contributed by atoms with Crippen LogP contribution in [0, 0.1) is 13.8 Å². The maximum atomic E-state index is 13.1. The van der Waals surface area contributed by atoms with Gasteiger partial charge < -0.3 is 9.88 Å². The number of amides is 3. The highest BCUT2D eigenvalue weighted by atomic mass is 35.5. The van der Waals surface area contributed by atoms with Crippen LogP contribution in [0.3, 0.4) is 0 Å². The third-order valence-electron chi connectivity index (χ3n) is 5.69. The fourth-order valence-electron chi connectivity index (χ4n) is 4.07. The Balaban J connectivity index is 1.60. The van der Waals surface area contributed by atoms with Crippen molar-refractivity contribution < 1.29 is 14.4 Å². The van der Waals surface area contributed by atoms with Crippen molar-refractivity contribution in [3.63, 3.8) is 0 Å². The molecule has 4 rings (SSSR count). The first-order chi connectivity index (χ1) is 13.2. The van der Waals surface area contributed by atoms with Crippen LogP contribution in [0.1, 0.15) is 53.1 Å². The number of nitrogens with zero attached hydrogens (tertiary/aromatic N) is 2. The number of urea groups is 1. The van der Waals surface area contributed by atoms with Gasteiger partial charge in [-0.15, -0.1) is 0 Å². The maximum absolute atomic E-state index is 13.1. The summed E-state index contributed by atoms with van der Waals surface area (Å²) in [7, 11) is 0. The average Bonchev–Trinajstić information content (AvgIpc) is 3.39. The minimum Gasteiger partial charge on any atom is -0.345 e. The van der Waals surface area contributed by atoms with Crippen LogP contribution in [0.15, 0.2) is 30.3 Å². The van der Waals surface area contributed by atoms with E-state index in [1.165, 1.54) is 0 Å². The molecule has 1 aliphatic heterocycles. The molecule has 0 unspecified atom stereocenters. The van der Waals surface area contributed by atoms with E-state index in [-0.39, 0.29) is 12.3 Å². The molecule has 2 fully saturated rings. The first-order valence-corrected chi connectivity index (χ1v) is 9.72. The summed E-state index contributed by atoms with van der Waals surface area (Å²) in [6.07, 6.45) is 2.24. The lowest BCUT2D eigenvalue weighted by Gasteiger charge is -2.23. The van der Waals surface area contributed by atoms with E-state index < -0.39 is 17.5 Å². The van der Waals surface area contributed by atoms with Gasteiger partial charge in [-0.3, -0.25) is 14.5 Å². The Morgan fingerprint density at radius 3 is 2.57 bits per heavy atom. The van der Waals surface area contributed by atoms with Crippen LogP contribution in [-0.2, 0) is 10.3 Å². The summed E-state index contributed by atoms with van der Waals surface area (Å²) in [6, 6.07) is 8.61. The van der Waals surface area contributed by atoms with E-state index in [1.54, 1.807) is 31.2 Å². The fraction of sp³-hybridized carbons (Fsp3) is 0.381. The van der Waals surface area contributed by atoms with E-state index >= 15 is 0 Å². The van der Waals surface area contributed by atoms with Gasteiger partial charge >= 0.3 is 6.03 Å². The van der Waals surface area contributed by atoms with E-state index in [0.29, 0.717) is 22.2 Å². The van der Waals surface area contributed by atoms with Crippen molar-refractivity contribution in [1.82, 2.24) is 14.8 Å². The Hall–Kier alpha value is -2.60. The standard InChI is InChI=1S/C21H22ClN3O3/c1-12-10-15(13(2)25(12)14-8-9-14)18(26)11-24-19(27)21(3,23-20(24)28)16-6-4-5-7-17(16)22/h4-7,10,14H,8-9,11H2,1-3H3,(H,23,28)/t21-/m1/s1. The number of aromatic nitrogens is 1. The zero-order chi connectivity index (χ0) is 20.2. The molecule has 6 nitrogen and oxygen atoms in total. The number of ketones is 1. The van der Waals surface area contributed by atoms with Crippen LogP contribution in [0.5, 0.6) is 0 Å². The number of benzene rings is 1. The lowest BCUT2D eigenvalue weighted by molar-refractivity contribution is -0.130. The Morgan fingerprint density at radius 2 is 1.93 bits per heavy atom. The number of imide groups is 1. The number of hydrogen-bond donors (Lipinski definition) is 1. The van der Waals surface area contributed by atoms with Gasteiger partial charge in [-0.25, -0.2) is 4.79 Å². The maximum Gasteiger partial charge on any atom is 0.325 e. The van der Waals surface area contributed by atoms with Gasteiger partial charge in [0, 0.05) is 33.6 Å². The number of rotatable bonds is 5. The van der Waals surface area contributed by atoms with Crippen LogP contribution in [0.4, 0.5) is 4.79 Å². The molecule has 0 radical (unpaired) electrons. The van der Waals surface area contributed by atoms with E-state index in [1.807, 2.05) is 19.9 Å². The van der Waals surface area contributed by atoms with Crippen LogP contribution in [0.25, 0.3) is 0 Å². The number of nitrogens with one attached hydrogen (secondary N) is 1. The molecule has 1 atom stereocenters. The molecule has 2 heterocycles. The largest absolute Gasteiger partial charge is 0.345 e. The predicted octanol–water partition coefficient (Wildman–Crippen LogP) is 3.74. The molecule has 2 aromatic rings. The molecule has 1 saturated heterocycles. The van der Waals surface area contributed by atoms with Crippen LogP contribution >= 0.6 is 11.6 Å². The summed E-state index contributed by atoms with van der Waals surface area (Å²) >= 11 is 6.24. The summed E-state index contributed by atoms with van der Waals surface area (Å²) < 4.78 is 2.17. The monoisotopic (exact) mass is 399 g/mol. The Labute approximate surface area is 168 Å². The molecule has 146 valence electrons. The lowest BCUT2D eigenvalue weighted by Crippen LogP contribution is -2.41. The summed E-state index contributed by atoms with van der Waals surface area (Å²) in [6.45, 7) is 5.21. The molecule has 1 aliphatic carbocycles. The Morgan fingerprint density at radius 1 is 1.25 bits per heavy atom. The van der Waals surface area contributed by atoms with Gasteiger partial charge in [-0.1, -0.05) is 29.8 Å². The molecule has 28 heavy (non-hydrogen) atoms. The molecule has 1 saturated carbocycles. The Kier molecular flexibility index (Phi) is 4.34. The smallest absolute Gasteiger partial charge is 0.325 e. The lowest BCUT2D eigenvalue weighted by atomic mass is 9.92. The molecule has 3 amide bonds. The first kappa shape index (κ1) is 18.7. The highest BCUT2D eigenvalue weighted by molar-refractivity contribution is 6.32. The molecule has 7 heteroatoms. The van der Waals surface area contributed by atoms with E-state index in [2.05, 4.69) is 9.88 Å². The molecular formula is C21H22ClN3O3. The van der Waals surface area contributed by atoms with Gasteiger partial charge in [0.2, 0.25) is 0 Å². The van der Waals surface area contributed by atoms with Gasteiger partial charge in [0.15, 0.2) is 5.78 Å². The highest BCUT2D eigenvalue weighted by Crippen LogP contribution is 2.38. The van der Waals surface area contributed by atoms with Crippen molar-refractivity contribution >= 4 is 29.3 Å². The quantitative estimate of drug-likeness (QED) is 0.615. The van der Waals surface area contributed by atoms with Gasteiger partial charge in [-0.05, 0) is 45.7 Å². The van der Waals surface area contributed by atoms with Gasteiger partial charge in [0.05, 0.1) is 6.54 Å². The molecular weight excluding hydrogens is 378 g/mol. The van der Waals surface area contributed by atoms with Gasteiger partial charge in [-0.2, -0.15) is 0 Å². The average molecular weight is 400 g/mol. The van der Waals surface area contributed by atoms with E-state index in [0.717, 1.165) is 29.1 Å². The van der Waals surface area contributed by atoms with Crippen molar-refractivity contribution in [3.8, 4) is 0 Å². The third kappa shape index (κ3) is 2.83. The molecule has 0 spiro atoms. The Bertz CT molecular complexity index is 1010. The van der Waals surface area contributed by atoms with Crippen LogP contribution in [0.2, 0.25) is 5.02 Å². The minimum atomic E-state index is -1.29. The van der Waals surface area contributed by atoms with Crippen molar-refractivity contribution in [2.75, 3.05) is 6.54 Å².